The van der Waals surface area contributed by atoms with Crippen LogP contribution in [-0.4, -0.2) is 11.0 Å². The number of carbonyl (C=O) groups excluding carboxylic acids is 1. The smallest absolute Gasteiger partial charge is 0.259 e. The van der Waals surface area contributed by atoms with Gasteiger partial charge in [-0.15, -0.1) is 0 Å². The number of phenolic OH excluding ortho intramolecular Hbond substituents is 1. The molecule has 0 fully saturated rings. The lowest BCUT2D eigenvalue weighted by Crippen LogP contribution is -2.12. The highest BCUT2D eigenvalue weighted by Gasteiger charge is 2.13. The zero-order chi connectivity index (χ0) is 14.0. The third-order valence-corrected chi connectivity index (χ3v) is 3.40. The van der Waals surface area contributed by atoms with Crippen LogP contribution in [0.3, 0.4) is 0 Å². The van der Waals surface area contributed by atoms with Gasteiger partial charge in [-0.25, -0.2) is 0 Å². The van der Waals surface area contributed by atoms with E-state index in [-0.39, 0.29) is 11.3 Å². The Morgan fingerprint density at radius 2 is 2.00 bits per heavy atom. The molecule has 19 heavy (non-hydrogen) atoms. The molecule has 2 rings (SSSR count). The van der Waals surface area contributed by atoms with E-state index >= 15 is 0 Å². The molecule has 0 aliphatic carbocycles. The number of hydrogen-bond donors (Lipinski definition) is 2. The summed E-state index contributed by atoms with van der Waals surface area (Å²) < 4.78 is 0.806. The number of rotatable bonds is 2. The first-order valence-corrected chi connectivity index (χ1v) is 6.70. The molecule has 2 aromatic carbocycles. The van der Waals surface area contributed by atoms with Crippen LogP contribution in [0.1, 0.15) is 15.9 Å². The molecule has 0 atom stereocenters. The number of carbonyl (C=O) groups is 1. The van der Waals surface area contributed by atoms with Gasteiger partial charge in [-0.2, -0.15) is 0 Å². The zero-order valence-corrected chi connectivity index (χ0v) is 12.4. The SMILES string of the molecule is Cc1ccc(C(=O)Nc2cc(Br)ccc2Cl)c(O)c1. The van der Waals surface area contributed by atoms with Gasteiger partial charge in [0.05, 0.1) is 16.3 Å². The largest absolute Gasteiger partial charge is 0.507 e. The van der Waals surface area contributed by atoms with E-state index in [2.05, 4.69) is 21.2 Å². The second-order valence-electron chi connectivity index (χ2n) is 4.10. The predicted octanol–water partition coefficient (Wildman–Crippen LogP) is 4.37. The number of hydrogen-bond acceptors (Lipinski definition) is 2. The summed E-state index contributed by atoms with van der Waals surface area (Å²) >= 11 is 9.30. The first-order chi connectivity index (χ1) is 8.97. The molecule has 0 aromatic heterocycles. The third kappa shape index (κ3) is 3.28. The summed E-state index contributed by atoms with van der Waals surface area (Å²) in [5.41, 5.74) is 1.58. The van der Waals surface area contributed by atoms with Gasteiger partial charge in [-0.1, -0.05) is 33.6 Å². The summed E-state index contributed by atoms with van der Waals surface area (Å²) in [5.74, 6) is -0.457. The van der Waals surface area contributed by atoms with Crippen LogP contribution in [-0.2, 0) is 0 Å². The Morgan fingerprint density at radius 1 is 1.26 bits per heavy atom. The van der Waals surface area contributed by atoms with Crippen molar-refractivity contribution in [1.29, 1.82) is 0 Å². The summed E-state index contributed by atoms with van der Waals surface area (Å²) in [4.78, 5) is 12.1. The number of nitrogens with one attached hydrogen (secondary N) is 1. The molecule has 0 aliphatic heterocycles. The molecule has 0 heterocycles. The summed E-state index contributed by atoms with van der Waals surface area (Å²) in [6.07, 6.45) is 0. The molecule has 0 radical (unpaired) electrons. The van der Waals surface area contributed by atoms with E-state index in [1.165, 1.54) is 6.07 Å². The maximum Gasteiger partial charge on any atom is 0.259 e. The number of amides is 1. The highest BCUT2D eigenvalue weighted by atomic mass is 79.9. The fourth-order valence-corrected chi connectivity index (χ4v) is 2.14. The number of halogens is 2. The van der Waals surface area contributed by atoms with Crippen molar-refractivity contribution in [2.75, 3.05) is 5.32 Å². The molecule has 2 aromatic rings. The molecule has 98 valence electrons. The fraction of sp³-hybridized carbons (Fsp3) is 0.0714. The standard InChI is InChI=1S/C14H11BrClNO2/c1-8-2-4-10(13(18)6-8)14(19)17-12-7-9(15)3-5-11(12)16/h2-7,18H,1H3,(H,17,19). The molecular weight excluding hydrogens is 330 g/mol. The van der Waals surface area contributed by atoms with E-state index in [0.717, 1.165) is 10.0 Å². The van der Waals surface area contributed by atoms with Crippen LogP contribution in [0.4, 0.5) is 5.69 Å². The van der Waals surface area contributed by atoms with Gasteiger partial charge in [0.1, 0.15) is 5.75 Å². The minimum absolute atomic E-state index is 0.0522. The van der Waals surface area contributed by atoms with Crippen LogP contribution in [0.15, 0.2) is 40.9 Å². The van der Waals surface area contributed by atoms with Gasteiger partial charge in [0.15, 0.2) is 0 Å². The van der Waals surface area contributed by atoms with Gasteiger partial charge in [0, 0.05) is 4.47 Å². The molecule has 0 bridgehead atoms. The molecule has 0 saturated heterocycles. The van der Waals surface area contributed by atoms with E-state index in [1.54, 1.807) is 30.3 Å². The first kappa shape index (κ1) is 13.9. The Kier molecular flexibility index (Phi) is 4.12. The Labute approximate surface area is 124 Å². The summed E-state index contributed by atoms with van der Waals surface area (Å²) in [6.45, 7) is 1.84. The minimum Gasteiger partial charge on any atom is -0.507 e. The lowest BCUT2D eigenvalue weighted by Gasteiger charge is -2.09. The minimum atomic E-state index is -0.405. The number of aryl methyl sites for hydroxylation is 1. The van der Waals surface area contributed by atoms with Crippen LogP contribution in [0.5, 0.6) is 5.75 Å². The fourth-order valence-electron chi connectivity index (χ4n) is 1.62. The quantitative estimate of drug-likeness (QED) is 0.853. The van der Waals surface area contributed by atoms with Gasteiger partial charge in [0.2, 0.25) is 0 Å². The van der Waals surface area contributed by atoms with E-state index in [9.17, 15) is 9.90 Å². The first-order valence-electron chi connectivity index (χ1n) is 5.53. The molecule has 0 aliphatic rings. The van der Waals surface area contributed by atoms with Crippen molar-refractivity contribution in [3.05, 3.63) is 57.0 Å². The third-order valence-electron chi connectivity index (χ3n) is 2.57. The predicted molar refractivity (Wildman–Crippen MR) is 79.9 cm³/mol. The molecule has 0 saturated carbocycles. The molecule has 0 spiro atoms. The summed E-state index contributed by atoms with van der Waals surface area (Å²) in [7, 11) is 0. The van der Waals surface area contributed by atoms with E-state index < -0.39 is 5.91 Å². The van der Waals surface area contributed by atoms with Gasteiger partial charge in [-0.05, 0) is 42.8 Å². The van der Waals surface area contributed by atoms with Crippen molar-refractivity contribution in [2.24, 2.45) is 0 Å². The number of benzene rings is 2. The van der Waals surface area contributed by atoms with Crippen LogP contribution >= 0.6 is 27.5 Å². The summed E-state index contributed by atoms with van der Waals surface area (Å²) in [6, 6.07) is 10.0. The monoisotopic (exact) mass is 339 g/mol. The molecule has 2 N–H and O–H groups in total. The Bertz CT molecular complexity index is 643. The maximum absolute atomic E-state index is 12.1. The molecular formula is C14H11BrClNO2. The van der Waals surface area contributed by atoms with Crippen LogP contribution in [0.2, 0.25) is 5.02 Å². The van der Waals surface area contributed by atoms with Gasteiger partial charge < -0.3 is 10.4 Å². The van der Waals surface area contributed by atoms with E-state index in [1.807, 2.05) is 6.92 Å². The van der Waals surface area contributed by atoms with Gasteiger partial charge in [0.25, 0.3) is 5.91 Å². The Hall–Kier alpha value is -1.52. The van der Waals surface area contributed by atoms with Crippen LogP contribution < -0.4 is 5.32 Å². The highest BCUT2D eigenvalue weighted by Crippen LogP contribution is 2.27. The van der Waals surface area contributed by atoms with Crippen molar-refractivity contribution < 1.29 is 9.90 Å². The highest BCUT2D eigenvalue weighted by molar-refractivity contribution is 9.10. The van der Waals surface area contributed by atoms with Crippen LogP contribution in [0.25, 0.3) is 0 Å². The lowest BCUT2D eigenvalue weighted by atomic mass is 10.1. The van der Waals surface area contributed by atoms with Gasteiger partial charge >= 0.3 is 0 Å². The second kappa shape index (κ2) is 5.63. The molecule has 5 heteroatoms. The average molecular weight is 341 g/mol. The van der Waals surface area contributed by atoms with Crippen molar-refractivity contribution in [3.8, 4) is 5.75 Å². The zero-order valence-electron chi connectivity index (χ0n) is 10.1. The molecule has 1 amide bonds. The van der Waals surface area contributed by atoms with Gasteiger partial charge in [-0.3, -0.25) is 4.79 Å². The van der Waals surface area contributed by atoms with Crippen molar-refractivity contribution >= 4 is 39.1 Å². The number of phenols is 1. The lowest BCUT2D eigenvalue weighted by molar-refractivity contribution is 0.102. The van der Waals surface area contributed by atoms with E-state index in [4.69, 9.17) is 11.6 Å². The normalized spacial score (nSPS) is 10.3. The van der Waals surface area contributed by atoms with Crippen molar-refractivity contribution in [2.45, 2.75) is 6.92 Å². The number of anilines is 1. The number of aromatic hydroxyl groups is 1. The van der Waals surface area contributed by atoms with Crippen molar-refractivity contribution in [3.63, 3.8) is 0 Å². The van der Waals surface area contributed by atoms with Crippen molar-refractivity contribution in [1.82, 2.24) is 0 Å². The topological polar surface area (TPSA) is 49.3 Å². The molecule has 3 nitrogen and oxygen atoms in total. The average Bonchev–Trinajstić information content (AvgIpc) is 2.33. The Balaban J connectivity index is 2.28. The van der Waals surface area contributed by atoms with E-state index in [0.29, 0.717) is 10.7 Å². The second-order valence-corrected chi connectivity index (χ2v) is 5.42. The Morgan fingerprint density at radius 3 is 2.68 bits per heavy atom. The molecule has 0 unspecified atom stereocenters. The summed E-state index contributed by atoms with van der Waals surface area (Å²) in [5, 5.41) is 12.9. The van der Waals surface area contributed by atoms with Crippen LogP contribution in [0, 0.1) is 6.92 Å². The maximum atomic E-state index is 12.1.